The Labute approximate surface area is 129 Å². The predicted octanol–water partition coefficient (Wildman–Crippen LogP) is 3.96. The Hall–Kier alpha value is -0.860. The largest absolute Gasteiger partial charge is 0.368 e. The molecule has 1 aromatic rings. The lowest BCUT2D eigenvalue weighted by Crippen LogP contribution is -2.47. The summed E-state index contributed by atoms with van der Waals surface area (Å²) in [5.74, 6) is 0.775. The van der Waals surface area contributed by atoms with Crippen molar-refractivity contribution in [2.75, 3.05) is 20.2 Å². The number of rotatable bonds is 5. The molecule has 2 fully saturated rings. The van der Waals surface area contributed by atoms with Crippen LogP contribution in [0, 0.1) is 16.7 Å². The van der Waals surface area contributed by atoms with E-state index >= 15 is 0 Å². The van der Waals surface area contributed by atoms with Crippen LogP contribution >= 0.6 is 0 Å². The molecule has 21 heavy (non-hydrogen) atoms. The van der Waals surface area contributed by atoms with Crippen LogP contribution in [-0.2, 0) is 10.3 Å². The number of nitrogens with one attached hydrogen (secondary N) is 1. The fourth-order valence-electron chi connectivity index (χ4n) is 5.02. The molecule has 3 rings (SSSR count). The number of ether oxygens (including phenoxy) is 1. The molecule has 1 N–H and O–H groups in total. The van der Waals surface area contributed by atoms with Gasteiger partial charge in [0.15, 0.2) is 0 Å². The summed E-state index contributed by atoms with van der Waals surface area (Å²) in [7, 11) is 1.99. The van der Waals surface area contributed by atoms with E-state index in [0.29, 0.717) is 5.41 Å². The third kappa shape index (κ3) is 1.92. The van der Waals surface area contributed by atoms with Crippen molar-refractivity contribution in [3.05, 3.63) is 35.9 Å². The highest BCUT2D eigenvalue weighted by Crippen LogP contribution is 2.73. The monoisotopic (exact) mass is 287 g/mol. The van der Waals surface area contributed by atoms with Crippen molar-refractivity contribution < 1.29 is 4.74 Å². The normalized spacial score (nSPS) is 37.0. The van der Waals surface area contributed by atoms with Gasteiger partial charge in [-0.05, 0) is 43.2 Å². The second kappa shape index (κ2) is 5.10. The van der Waals surface area contributed by atoms with Crippen molar-refractivity contribution in [1.82, 2.24) is 5.32 Å². The number of hydrogen-bond donors (Lipinski definition) is 1. The Bertz CT molecular complexity index is 498. The Morgan fingerprint density at radius 2 is 1.90 bits per heavy atom. The van der Waals surface area contributed by atoms with Gasteiger partial charge in [0.05, 0.1) is 12.2 Å². The van der Waals surface area contributed by atoms with Crippen LogP contribution in [-0.4, -0.2) is 20.2 Å². The smallest absolute Gasteiger partial charge is 0.0993 e. The molecular weight excluding hydrogens is 258 g/mol. The van der Waals surface area contributed by atoms with Crippen LogP contribution in [0.25, 0.3) is 0 Å². The second-order valence-corrected chi connectivity index (χ2v) is 7.64. The molecule has 1 aromatic carbocycles. The van der Waals surface area contributed by atoms with E-state index in [0.717, 1.165) is 19.1 Å². The van der Waals surface area contributed by atoms with Gasteiger partial charge in [0.25, 0.3) is 0 Å². The Kier molecular flexibility index (Phi) is 3.66. The van der Waals surface area contributed by atoms with Gasteiger partial charge < -0.3 is 10.1 Å². The second-order valence-electron chi connectivity index (χ2n) is 7.64. The van der Waals surface area contributed by atoms with Gasteiger partial charge in [0.2, 0.25) is 0 Å². The van der Waals surface area contributed by atoms with Crippen LogP contribution in [0.4, 0.5) is 0 Å². The van der Waals surface area contributed by atoms with Gasteiger partial charge in [-0.15, -0.1) is 0 Å². The highest BCUT2D eigenvalue weighted by Gasteiger charge is 2.69. The third-order valence-electron chi connectivity index (χ3n) is 6.80. The quantitative estimate of drug-likeness (QED) is 0.828. The van der Waals surface area contributed by atoms with E-state index in [1.807, 2.05) is 7.05 Å². The average Bonchev–Trinajstić information content (AvgIpc) is 2.80. The van der Waals surface area contributed by atoms with E-state index < -0.39 is 0 Å². The number of benzene rings is 1. The summed E-state index contributed by atoms with van der Waals surface area (Å²) < 4.78 is 6.63. The van der Waals surface area contributed by atoms with Crippen molar-refractivity contribution in [2.24, 2.45) is 16.7 Å². The van der Waals surface area contributed by atoms with E-state index in [-0.39, 0.29) is 11.0 Å². The van der Waals surface area contributed by atoms with Crippen LogP contribution < -0.4 is 5.32 Å². The first-order valence-electron chi connectivity index (χ1n) is 8.32. The summed E-state index contributed by atoms with van der Waals surface area (Å²) in [6.07, 6.45) is 3.80. The molecule has 2 saturated carbocycles. The zero-order chi connectivity index (χ0) is 15.1. The molecule has 0 radical (unpaired) electrons. The van der Waals surface area contributed by atoms with Crippen molar-refractivity contribution in [1.29, 1.82) is 0 Å². The average molecular weight is 287 g/mol. The third-order valence-corrected chi connectivity index (χ3v) is 6.80. The van der Waals surface area contributed by atoms with Crippen molar-refractivity contribution >= 4 is 0 Å². The summed E-state index contributed by atoms with van der Waals surface area (Å²) >= 11 is 0. The van der Waals surface area contributed by atoms with Crippen LogP contribution in [0.1, 0.15) is 45.6 Å². The molecule has 0 aromatic heterocycles. The molecule has 0 spiro atoms. The van der Waals surface area contributed by atoms with Crippen LogP contribution in [0.2, 0.25) is 0 Å². The molecule has 2 aliphatic rings. The van der Waals surface area contributed by atoms with Gasteiger partial charge in [0, 0.05) is 12.0 Å². The molecule has 3 atom stereocenters. The minimum atomic E-state index is -0.114. The highest BCUT2D eigenvalue weighted by atomic mass is 16.5. The Morgan fingerprint density at radius 3 is 2.43 bits per heavy atom. The van der Waals surface area contributed by atoms with Gasteiger partial charge in [-0.1, -0.05) is 51.1 Å². The molecule has 0 aliphatic heterocycles. The highest BCUT2D eigenvalue weighted by molar-refractivity contribution is 5.32. The van der Waals surface area contributed by atoms with Gasteiger partial charge >= 0.3 is 0 Å². The first-order chi connectivity index (χ1) is 9.98. The van der Waals surface area contributed by atoms with Gasteiger partial charge in [-0.25, -0.2) is 0 Å². The van der Waals surface area contributed by atoms with Crippen molar-refractivity contribution in [2.45, 2.75) is 45.6 Å². The topological polar surface area (TPSA) is 21.3 Å². The van der Waals surface area contributed by atoms with Crippen LogP contribution in [0.5, 0.6) is 0 Å². The van der Waals surface area contributed by atoms with Gasteiger partial charge in [-0.2, -0.15) is 0 Å². The van der Waals surface area contributed by atoms with Crippen LogP contribution in [0.3, 0.4) is 0 Å². The number of fused-ring (bicyclic) bond motifs is 2. The maximum absolute atomic E-state index is 6.63. The van der Waals surface area contributed by atoms with E-state index in [1.54, 1.807) is 0 Å². The maximum atomic E-state index is 6.63. The number of likely N-dealkylation sites (N-methyl/N-ethyl adjacent to an activating group) is 1. The molecule has 2 unspecified atom stereocenters. The summed E-state index contributed by atoms with van der Waals surface area (Å²) in [6.45, 7) is 9.07. The summed E-state index contributed by atoms with van der Waals surface area (Å²) in [5.41, 5.74) is 1.83. The zero-order valence-corrected chi connectivity index (χ0v) is 13.9. The van der Waals surface area contributed by atoms with Gasteiger partial charge in [0.1, 0.15) is 0 Å². The first kappa shape index (κ1) is 15.1. The van der Waals surface area contributed by atoms with Gasteiger partial charge in [-0.3, -0.25) is 0 Å². The molecule has 0 saturated heterocycles. The summed E-state index contributed by atoms with van der Waals surface area (Å²) in [4.78, 5) is 0. The minimum absolute atomic E-state index is 0.114. The van der Waals surface area contributed by atoms with E-state index in [1.165, 1.54) is 24.8 Å². The van der Waals surface area contributed by atoms with Crippen molar-refractivity contribution in [3.63, 3.8) is 0 Å². The van der Waals surface area contributed by atoms with Crippen LogP contribution in [0.15, 0.2) is 30.3 Å². The zero-order valence-electron chi connectivity index (χ0n) is 13.9. The number of hydrogen-bond acceptors (Lipinski definition) is 2. The van der Waals surface area contributed by atoms with E-state index in [9.17, 15) is 0 Å². The van der Waals surface area contributed by atoms with E-state index in [2.05, 4.69) is 56.4 Å². The Balaban J connectivity index is 2.03. The maximum Gasteiger partial charge on any atom is 0.0993 e. The minimum Gasteiger partial charge on any atom is -0.368 e. The fourth-order valence-corrected chi connectivity index (χ4v) is 5.02. The predicted molar refractivity (Wildman–Crippen MR) is 87.2 cm³/mol. The lowest BCUT2D eigenvalue weighted by Gasteiger charge is -2.49. The lowest BCUT2D eigenvalue weighted by atomic mass is 9.62. The molecule has 2 nitrogen and oxygen atoms in total. The molecule has 116 valence electrons. The fraction of sp³-hybridized carbons (Fsp3) is 0.684. The standard InChI is InChI=1S/C19H29NO/c1-17(2)16-10-11-18(17,3)19(14-16,21-13-12-20-4)15-8-6-5-7-9-15/h5-9,16,20H,10-14H2,1-4H3/t16?,18?,19-/m0/s1. The lowest BCUT2D eigenvalue weighted by molar-refractivity contribution is -0.145. The SMILES string of the molecule is CNCCO[C@]1(c2ccccc2)CC2CCC1(C)C2(C)C. The van der Waals surface area contributed by atoms with Crippen molar-refractivity contribution in [3.8, 4) is 0 Å². The molecule has 0 heterocycles. The van der Waals surface area contributed by atoms with E-state index in [4.69, 9.17) is 4.74 Å². The Morgan fingerprint density at radius 1 is 1.19 bits per heavy atom. The molecule has 2 heteroatoms. The molecule has 0 amide bonds. The summed E-state index contributed by atoms with van der Waals surface area (Å²) in [6, 6.07) is 10.9. The summed E-state index contributed by atoms with van der Waals surface area (Å²) in [5, 5.41) is 3.21. The molecule has 2 bridgehead atoms. The molecular formula is C19H29NO. The first-order valence-corrected chi connectivity index (χ1v) is 8.32. The molecule has 2 aliphatic carbocycles.